The Morgan fingerprint density at radius 2 is 2.17 bits per heavy atom. The molecule has 0 amide bonds. The van der Waals surface area contributed by atoms with Gasteiger partial charge in [0.05, 0.1) is 9.82 Å². The van der Waals surface area contributed by atoms with Gasteiger partial charge in [0, 0.05) is 33.3 Å². The molecule has 0 N–H and O–H groups in total. The summed E-state index contributed by atoms with van der Waals surface area (Å²) in [6.45, 7) is 0. The number of hydrogen-bond acceptors (Lipinski definition) is 3. The molecule has 0 saturated heterocycles. The molecule has 0 aliphatic carbocycles. The third-order valence-electron chi connectivity index (χ3n) is 1.21. The quantitative estimate of drug-likeness (QED) is 0.363. The summed E-state index contributed by atoms with van der Waals surface area (Å²) in [7, 11) is -1.19. The molecule has 6 heteroatoms. The second kappa shape index (κ2) is 3.94. The molecule has 0 spiro atoms. The zero-order valence-corrected chi connectivity index (χ0v) is 8.74. The molecule has 0 saturated carbocycles. The van der Waals surface area contributed by atoms with Crippen LogP contribution < -0.4 is 0 Å². The smallest absolute Gasteiger partial charge is 0.258 e. The second-order valence-electron chi connectivity index (χ2n) is 1.98. The molecule has 1 unspecified atom stereocenters. The van der Waals surface area contributed by atoms with Crippen LogP contribution in [0, 0.1) is 10.1 Å². The number of nitro benzene ring substituents is 1. The Morgan fingerprint density at radius 1 is 1.50 bits per heavy atom. The van der Waals surface area contributed by atoms with Crippen LogP contribution in [-0.2, 0) is 7.97 Å². The van der Waals surface area contributed by atoms with Gasteiger partial charge in [0.2, 0.25) is 0 Å². The Hall–Kier alpha value is -0.500. The first kappa shape index (κ1) is 9.59. The number of nitro groups is 1. The molecule has 1 aromatic carbocycles. The SMILES string of the molecule is O=[N+]([O-])c1cccc(S(=O)I)c1. The Balaban J connectivity index is 3.12. The molecular formula is C6H4INO3S. The number of nitrogens with zero attached hydrogens (tertiary/aromatic N) is 1. The summed E-state index contributed by atoms with van der Waals surface area (Å²) < 4.78 is 10.9. The minimum atomic E-state index is -1.19. The molecule has 0 bridgehead atoms. The average Bonchev–Trinajstić information content (AvgIpc) is 2.04. The number of rotatable bonds is 2. The summed E-state index contributed by atoms with van der Waals surface area (Å²) >= 11 is 1.70. The molecule has 1 rings (SSSR count). The maximum Gasteiger partial charge on any atom is 0.270 e. The average molecular weight is 297 g/mol. The molecule has 64 valence electrons. The normalized spacial score (nSPS) is 12.4. The van der Waals surface area contributed by atoms with Gasteiger partial charge in [-0.1, -0.05) is 6.07 Å². The van der Waals surface area contributed by atoms with E-state index < -0.39 is 12.9 Å². The Kier molecular flexibility index (Phi) is 3.15. The summed E-state index contributed by atoms with van der Waals surface area (Å²) in [5.41, 5.74) is -0.0301. The van der Waals surface area contributed by atoms with Crippen molar-refractivity contribution in [3.8, 4) is 0 Å². The molecular weight excluding hydrogens is 293 g/mol. The van der Waals surface area contributed by atoms with Gasteiger partial charge >= 0.3 is 0 Å². The molecule has 1 atom stereocenters. The molecule has 12 heavy (non-hydrogen) atoms. The van der Waals surface area contributed by atoms with Gasteiger partial charge in [0.1, 0.15) is 7.97 Å². The van der Waals surface area contributed by atoms with Crippen molar-refractivity contribution in [3.05, 3.63) is 34.4 Å². The molecule has 0 radical (unpaired) electrons. The monoisotopic (exact) mass is 297 g/mol. The van der Waals surface area contributed by atoms with Crippen LogP contribution in [0.15, 0.2) is 29.2 Å². The van der Waals surface area contributed by atoms with Crippen LogP contribution >= 0.6 is 21.2 Å². The van der Waals surface area contributed by atoms with Crippen LogP contribution in [0.1, 0.15) is 0 Å². The van der Waals surface area contributed by atoms with Crippen LogP contribution in [0.3, 0.4) is 0 Å². The Bertz CT molecular complexity index is 312. The van der Waals surface area contributed by atoms with Crippen molar-refractivity contribution < 1.29 is 9.13 Å². The van der Waals surface area contributed by atoms with Crippen LogP contribution in [0.2, 0.25) is 0 Å². The van der Waals surface area contributed by atoms with Crippen molar-refractivity contribution in [2.24, 2.45) is 0 Å². The van der Waals surface area contributed by atoms with E-state index in [-0.39, 0.29) is 5.69 Å². The largest absolute Gasteiger partial charge is 0.270 e. The van der Waals surface area contributed by atoms with E-state index >= 15 is 0 Å². The number of non-ortho nitro benzene ring substituents is 1. The van der Waals surface area contributed by atoms with Gasteiger partial charge in [-0.2, -0.15) is 0 Å². The summed E-state index contributed by atoms with van der Waals surface area (Å²) in [4.78, 5) is 10.2. The lowest BCUT2D eigenvalue weighted by atomic mass is 10.3. The number of hydrogen-bond donors (Lipinski definition) is 0. The fraction of sp³-hybridized carbons (Fsp3) is 0. The van der Waals surface area contributed by atoms with E-state index in [1.807, 2.05) is 0 Å². The van der Waals surface area contributed by atoms with Gasteiger partial charge in [0.25, 0.3) is 5.69 Å². The molecule has 0 heterocycles. The second-order valence-corrected chi connectivity index (χ2v) is 5.30. The van der Waals surface area contributed by atoms with Crippen molar-refractivity contribution in [1.29, 1.82) is 0 Å². The van der Waals surface area contributed by atoms with Crippen LogP contribution in [-0.4, -0.2) is 9.13 Å². The van der Waals surface area contributed by atoms with Crippen molar-refractivity contribution in [3.63, 3.8) is 0 Å². The van der Waals surface area contributed by atoms with Crippen molar-refractivity contribution in [1.82, 2.24) is 0 Å². The lowest BCUT2D eigenvalue weighted by molar-refractivity contribution is -0.385. The third kappa shape index (κ3) is 2.24. The van der Waals surface area contributed by atoms with E-state index in [1.54, 1.807) is 27.3 Å². The lowest BCUT2D eigenvalue weighted by Crippen LogP contribution is -1.89. The fourth-order valence-electron chi connectivity index (χ4n) is 0.697. The molecule has 0 aromatic heterocycles. The van der Waals surface area contributed by atoms with E-state index in [0.717, 1.165) is 0 Å². The topological polar surface area (TPSA) is 60.2 Å². The highest BCUT2D eigenvalue weighted by molar-refractivity contribution is 14.2. The van der Waals surface area contributed by atoms with Crippen molar-refractivity contribution in [2.75, 3.05) is 0 Å². The van der Waals surface area contributed by atoms with Gasteiger partial charge < -0.3 is 0 Å². The zero-order valence-electron chi connectivity index (χ0n) is 5.77. The Labute approximate surface area is 83.2 Å². The third-order valence-corrected chi connectivity index (χ3v) is 3.36. The zero-order chi connectivity index (χ0) is 9.14. The minimum Gasteiger partial charge on any atom is -0.258 e. The highest BCUT2D eigenvalue weighted by atomic mass is 127. The fourth-order valence-corrected chi connectivity index (χ4v) is 1.92. The van der Waals surface area contributed by atoms with E-state index in [2.05, 4.69) is 0 Å². The van der Waals surface area contributed by atoms with E-state index in [1.165, 1.54) is 18.2 Å². The maximum atomic E-state index is 10.9. The van der Waals surface area contributed by atoms with E-state index in [9.17, 15) is 14.3 Å². The summed E-state index contributed by atoms with van der Waals surface area (Å²) in [5, 5.41) is 10.3. The lowest BCUT2D eigenvalue weighted by Gasteiger charge is -1.93. The highest BCUT2D eigenvalue weighted by Crippen LogP contribution is 2.18. The number of benzene rings is 1. The molecule has 0 fully saturated rings. The van der Waals surface area contributed by atoms with Gasteiger partial charge in [-0.05, 0) is 6.07 Å². The highest BCUT2D eigenvalue weighted by Gasteiger charge is 2.07. The number of halogens is 1. The standard InChI is InChI=1S/C6H4INO3S/c7-12(11)6-3-1-2-5(4-6)8(9)10/h1-4H. The van der Waals surface area contributed by atoms with Crippen molar-refractivity contribution in [2.45, 2.75) is 4.90 Å². The summed E-state index contributed by atoms with van der Waals surface area (Å²) in [5.74, 6) is 0. The Morgan fingerprint density at radius 3 is 2.67 bits per heavy atom. The van der Waals surface area contributed by atoms with Crippen LogP contribution in [0.25, 0.3) is 0 Å². The van der Waals surface area contributed by atoms with Gasteiger partial charge in [0.15, 0.2) is 0 Å². The van der Waals surface area contributed by atoms with Crippen LogP contribution in [0.5, 0.6) is 0 Å². The maximum absolute atomic E-state index is 10.9. The first-order valence-corrected chi connectivity index (χ1v) is 6.63. The first-order valence-electron chi connectivity index (χ1n) is 2.94. The summed E-state index contributed by atoms with van der Waals surface area (Å²) in [6.07, 6.45) is 0. The molecule has 0 aliphatic heterocycles. The predicted molar refractivity (Wildman–Crippen MR) is 53.5 cm³/mol. The first-order chi connectivity index (χ1) is 5.61. The van der Waals surface area contributed by atoms with Gasteiger partial charge in [-0.15, -0.1) is 0 Å². The van der Waals surface area contributed by atoms with Gasteiger partial charge in [-0.25, -0.2) is 4.21 Å². The summed E-state index contributed by atoms with van der Waals surface area (Å²) in [6, 6.07) is 5.79. The molecule has 0 aliphatic rings. The van der Waals surface area contributed by atoms with Crippen LogP contribution in [0.4, 0.5) is 5.69 Å². The van der Waals surface area contributed by atoms with E-state index in [0.29, 0.717) is 4.90 Å². The predicted octanol–water partition coefficient (Wildman–Crippen LogP) is 2.05. The minimum absolute atomic E-state index is 0.0301. The van der Waals surface area contributed by atoms with Crippen molar-refractivity contribution >= 4 is 34.9 Å². The molecule has 1 aromatic rings. The van der Waals surface area contributed by atoms with E-state index in [4.69, 9.17) is 0 Å². The van der Waals surface area contributed by atoms with Gasteiger partial charge in [-0.3, -0.25) is 10.1 Å². The molecule has 4 nitrogen and oxygen atoms in total.